The molecule has 1 atom stereocenters. The van der Waals surface area contributed by atoms with E-state index in [0.717, 1.165) is 3.98 Å². The van der Waals surface area contributed by atoms with E-state index in [0.29, 0.717) is 17.2 Å². The van der Waals surface area contributed by atoms with Gasteiger partial charge in [0.2, 0.25) is 0 Å². The van der Waals surface area contributed by atoms with Gasteiger partial charge in [-0.15, -0.1) is 11.8 Å². The van der Waals surface area contributed by atoms with Crippen LogP contribution in [0.3, 0.4) is 0 Å². The van der Waals surface area contributed by atoms with Crippen LogP contribution >= 0.6 is 34.4 Å². The molecule has 0 amide bonds. The number of nitrogens with zero attached hydrogens (tertiary/aromatic N) is 1. The summed E-state index contributed by atoms with van der Waals surface area (Å²) in [6, 6.07) is 3.72. The molecular weight excluding hydrogens is 384 g/mol. The SMILES string of the molecule is O=S(=O)(O)[C@@H]1C[N+](=c2scc(-c3c(F)cccc3F)s2)CCS1. The molecule has 0 bridgehead atoms. The van der Waals surface area contributed by atoms with Gasteiger partial charge in [0.25, 0.3) is 10.1 Å². The van der Waals surface area contributed by atoms with Crippen molar-refractivity contribution in [2.45, 2.75) is 4.58 Å². The average molecular weight is 397 g/mol. The number of thioether (sulfide) groups is 1. The Morgan fingerprint density at radius 1 is 1.26 bits per heavy atom. The minimum absolute atomic E-state index is 0.0716. The lowest BCUT2D eigenvalue weighted by molar-refractivity contribution is 0.471. The van der Waals surface area contributed by atoms with E-state index < -0.39 is 26.3 Å². The van der Waals surface area contributed by atoms with Gasteiger partial charge in [-0.2, -0.15) is 8.42 Å². The van der Waals surface area contributed by atoms with Crippen molar-refractivity contribution < 1.29 is 21.8 Å². The van der Waals surface area contributed by atoms with Gasteiger partial charge in [0.05, 0.1) is 16.2 Å². The lowest BCUT2D eigenvalue weighted by Gasteiger charge is -2.16. The van der Waals surface area contributed by atoms with Crippen LogP contribution in [-0.4, -0.2) is 36.4 Å². The molecule has 2 aromatic rings. The molecule has 1 aliphatic rings. The topological polar surface area (TPSA) is 57.4 Å². The Hall–Kier alpha value is -0.810. The van der Waals surface area contributed by atoms with Crippen LogP contribution in [0.1, 0.15) is 0 Å². The fourth-order valence-corrected chi connectivity index (χ4v) is 6.78. The Kier molecular flexibility index (Phi) is 4.88. The molecule has 1 aliphatic heterocycles. The molecule has 0 saturated carbocycles. The minimum Gasteiger partial charge on any atom is -0.285 e. The first-order valence-corrected chi connectivity index (χ1v) is 10.8. The second kappa shape index (κ2) is 6.60. The summed E-state index contributed by atoms with van der Waals surface area (Å²) in [5.74, 6) is -0.704. The number of benzene rings is 1. The number of hydrogen-bond acceptors (Lipinski definition) is 5. The molecule has 0 aliphatic carbocycles. The molecule has 0 spiro atoms. The first kappa shape index (κ1) is 17.0. The van der Waals surface area contributed by atoms with E-state index in [1.54, 1.807) is 5.38 Å². The summed E-state index contributed by atoms with van der Waals surface area (Å²) in [4.78, 5) is 0.460. The summed E-state index contributed by atoms with van der Waals surface area (Å²) in [5.41, 5.74) is -0.0716. The second-order valence-electron chi connectivity index (χ2n) is 4.83. The van der Waals surface area contributed by atoms with E-state index in [1.807, 2.05) is 4.58 Å². The zero-order valence-corrected chi connectivity index (χ0v) is 14.9. The molecule has 1 saturated heterocycles. The molecule has 1 aromatic heterocycles. The smallest absolute Gasteiger partial charge is 0.285 e. The van der Waals surface area contributed by atoms with Gasteiger partial charge in [0.15, 0.2) is 17.7 Å². The van der Waals surface area contributed by atoms with Crippen LogP contribution < -0.4 is 8.56 Å². The maximum atomic E-state index is 13.8. The molecule has 2 heterocycles. The van der Waals surface area contributed by atoms with Crippen molar-refractivity contribution in [3.8, 4) is 10.4 Å². The molecule has 0 unspecified atom stereocenters. The van der Waals surface area contributed by atoms with Crippen molar-refractivity contribution in [1.29, 1.82) is 0 Å². The van der Waals surface area contributed by atoms with Crippen LogP contribution in [0, 0.1) is 11.6 Å². The Labute approximate surface area is 143 Å². The summed E-state index contributed by atoms with van der Waals surface area (Å²) < 4.78 is 61.2. The van der Waals surface area contributed by atoms with Crippen molar-refractivity contribution in [3.63, 3.8) is 0 Å². The Morgan fingerprint density at radius 3 is 2.61 bits per heavy atom. The molecule has 4 nitrogen and oxygen atoms in total. The number of rotatable bonds is 2. The molecular formula is C13H12F2NO3S4+. The van der Waals surface area contributed by atoms with E-state index >= 15 is 0 Å². The van der Waals surface area contributed by atoms with Crippen LogP contribution in [0.4, 0.5) is 8.78 Å². The molecule has 23 heavy (non-hydrogen) atoms. The van der Waals surface area contributed by atoms with E-state index in [9.17, 15) is 21.8 Å². The highest BCUT2D eigenvalue weighted by Crippen LogP contribution is 2.29. The van der Waals surface area contributed by atoms with Gasteiger partial charge in [-0.25, -0.2) is 13.4 Å². The quantitative estimate of drug-likeness (QED) is 0.626. The Morgan fingerprint density at radius 2 is 1.96 bits per heavy atom. The van der Waals surface area contributed by atoms with Crippen LogP contribution in [0.15, 0.2) is 23.6 Å². The van der Waals surface area contributed by atoms with Crippen molar-refractivity contribution in [3.05, 3.63) is 39.2 Å². The fourth-order valence-electron chi connectivity index (χ4n) is 2.19. The maximum Gasteiger partial charge on any atom is 0.314 e. The molecule has 1 aromatic carbocycles. The van der Waals surface area contributed by atoms with Gasteiger partial charge in [-0.3, -0.25) is 4.55 Å². The van der Waals surface area contributed by atoms with Gasteiger partial charge in [-0.1, -0.05) is 28.7 Å². The first-order chi connectivity index (χ1) is 10.9. The predicted molar refractivity (Wildman–Crippen MR) is 90.3 cm³/mol. The van der Waals surface area contributed by atoms with Crippen molar-refractivity contribution >= 4 is 44.6 Å². The van der Waals surface area contributed by atoms with Crippen LogP contribution in [0.25, 0.3) is 10.4 Å². The summed E-state index contributed by atoms with van der Waals surface area (Å²) >= 11 is 3.70. The van der Waals surface area contributed by atoms with Gasteiger partial charge in [-0.05, 0) is 12.1 Å². The standard InChI is InChI=1S/C13H11F2NO3S4/c14-8-2-1-3-9(15)12(8)10-7-21-13(22-10)16-4-5-20-11(6-16)23(17,18)19/h1-3,7,11H,4-6H2/p+1/t11-/m1/s1. The van der Waals surface area contributed by atoms with Crippen molar-refractivity contribution in [2.75, 3.05) is 18.8 Å². The molecule has 1 N–H and O–H groups in total. The van der Waals surface area contributed by atoms with Crippen LogP contribution in [-0.2, 0) is 10.1 Å². The normalized spacial score (nSPS) is 21.4. The highest BCUT2D eigenvalue weighted by atomic mass is 32.3. The third-order valence-electron chi connectivity index (χ3n) is 3.30. The van der Waals surface area contributed by atoms with Crippen LogP contribution in [0.5, 0.6) is 0 Å². The Bertz CT molecular complexity index is 884. The number of halogens is 2. The lowest BCUT2D eigenvalue weighted by atomic mass is 10.2. The third kappa shape index (κ3) is 3.66. The molecule has 3 rings (SSSR count). The van der Waals surface area contributed by atoms with Gasteiger partial charge in [0.1, 0.15) is 11.6 Å². The summed E-state index contributed by atoms with van der Waals surface area (Å²) in [5, 5.41) is 1.66. The van der Waals surface area contributed by atoms with Crippen LogP contribution in [0.2, 0.25) is 0 Å². The van der Waals surface area contributed by atoms with Gasteiger partial charge < -0.3 is 0 Å². The fraction of sp³-hybridized carbons (Fsp3) is 0.308. The second-order valence-corrected chi connectivity index (χ2v) is 10.2. The van der Waals surface area contributed by atoms with Crippen molar-refractivity contribution in [2.24, 2.45) is 0 Å². The van der Waals surface area contributed by atoms with E-state index in [4.69, 9.17) is 0 Å². The summed E-state index contributed by atoms with van der Waals surface area (Å²) in [6.45, 7) is 0.770. The zero-order chi connectivity index (χ0) is 16.6. The van der Waals surface area contributed by atoms with Gasteiger partial charge in [0, 0.05) is 5.38 Å². The lowest BCUT2D eigenvalue weighted by Crippen LogP contribution is -2.42. The Balaban J connectivity index is 2.01. The zero-order valence-electron chi connectivity index (χ0n) is 11.6. The maximum absolute atomic E-state index is 13.8. The molecule has 0 radical (unpaired) electrons. The number of hydrogen-bond donors (Lipinski definition) is 1. The minimum atomic E-state index is -4.12. The summed E-state index contributed by atoms with van der Waals surface area (Å²) in [6.07, 6.45) is 0. The monoisotopic (exact) mass is 396 g/mol. The van der Waals surface area contributed by atoms with Crippen molar-refractivity contribution in [1.82, 2.24) is 4.58 Å². The highest BCUT2D eigenvalue weighted by Gasteiger charge is 2.33. The van der Waals surface area contributed by atoms with Gasteiger partial charge >= 0.3 is 3.98 Å². The molecule has 124 valence electrons. The summed E-state index contributed by atoms with van der Waals surface area (Å²) in [7, 11) is -4.12. The largest absolute Gasteiger partial charge is 0.314 e. The highest BCUT2D eigenvalue weighted by molar-refractivity contribution is 8.11. The van der Waals surface area contributed by atoms with E-state index in [2.05, 4.69) is 0 Å². The third-order valence-corrected chi connectivity index (χ3v) is 8.66. The van der Waals surface area contributed by atoms with E-state index in [1.165, 1.54) is 52.6 Å². The average Bonchev–Trinajstić information content (AvgIpc) is 2.96. The molecule has 1 fully saturated rings. The predicted octanol–water partition coefficient (Wildman–Crippen LogP) is 2.49. The molecule has 10 heteroatoms. The van der Waals surface area contributed by atoms with E-state index in [-0.39, 0.29) is 12.1 Å². The first-order valence-electron chi connectivity index (χ1n) is 6.55.